The highest BCUT2D eigenvalue weighted by Crippen LogP contribution is 2.39. The van der Waals surface area contributed by atoms with Crippen LogP contribution < -0.4 is 0 Å². The number of carbonyl (C=O) groups is 1. The van der Waals surface area contributed by atoms with Gasteiger partial charge in [0.05, 0.1) is 17.5 Å². The summed E-state index contributed by atoms with van der Waals surface area (Å²) in [6, 6.07) is 4.77. The van der Waals surface area contributed by atoms with Crippen molar-refractivity contribution in [3.8, 4) is 17.0 Å². The Balaban J connectivity index is 2.14. The molecule has 26 heavy (non-hydrogen) atoms. The number of halogens is 3. The quantitative estimate of drug-likeness (QED) is 0.801. The van der Waals surface area contributed by atoms with Crippen LogP contribution in [0.25, 0.3) is 16.8 Å². The van der Waals surface area contributed by atoms with Crippen molar-refractivity contribution in [2.24, 2.45) is 0 Å². The number of aromatic carboxylic acids is 1. The van der Waals surface area contributed by atoms with Crippen LogP contribution in [0.1, 0.15) is 21.5 Å². The number of alkyl halides is 3. The maximum atomic E-state index is 13.6. The summed E-state index contributed by atoms with van der Waals surface area (Å²) in [6.45, 7) is 0. The van der Waals surface area contributed by atoms with Crippen LogP contribution in [-0.4, -0.2) is 26.9 Å². The summed E-state index contributed by atoms with van der Waals surface area (Å²) in [5, 5.41) is 20.2. The largest absolute Gasteiger partial charge is 0.505 e. The molecule has 0 spiro atoms. The van der Waals surface area contributed by atoms with Crippen LogP contribution in [0.3, 0.4) is 0 Å². The van der Waals surface area contributed by atoms with Crippen LogP contribution in [-0.2, 0) is 6.18 Å². The number of carboxylic acid groups (broad SMARTS) is 1. The summed E-state index contributed by atoms with van der Waals surface area (Å²) in [7, 11) is 0. The predicted molar refractivity (Wildman–Crippen MR) is 92.9 cm³/mol. The Hall–Kier alpha value is -2.74. The van der Waals surface area contributed by atoms with Crippen molar-refractivity contribution in [3.05, 3.63) is 64.7 Å². The first kappa shape index (κ1) is 18.1. The third-order valence-corrected chi connectivity index (χ3v) is 4.55. The zero-order valence-corrected chi connectivity index (χ0v) is 13.9. The Morgan fingerprint density at radius 3 is 2.62 bits per heavy atom. The number of carboxylic acids is 1. The smallest absolute Gasteiger partial charge is 0.417 e. The van der Waals surface area contributed by atoms with Crippen LogP contribution in [0, 0.1) is 0 Å². The van der Waals surface area contributed by atoms with Crippen LogP contribution in [0.4, 0.5) is 13.2 Å². The normalized spacial score (nSPS) is 14.2. The Labute approximate surface area is 150 Å². The molecule has 1 aromatic carbocycles. The van der Waals surface area contributed by atoms with Gasteiger partial charge in [0.25, 0.3) is 0 Å². The molecule has 4 nitrogen and oxygen atoms in total. The second kappa shape index (κ2) is 6.87. The fraction of sp³-hybridized carbons (Fsp3) is 0.111. The summed E-state index contributed by atoms with van der Waals surface area (Å²) in [6.07, 6.45) is -0.255. The lowest BCUT2D eigenvalue weighted by Crippen LogP contribution is -2.09. The number of aromatic nitrogens is 1. The zero-order chi connectivity index (χ0) is 18.9. The van der Waals surface area contributed by atoms with Crippen molar-refractivity contribution in [2.45, 2.75) is 6.18 Å². The minimum absolute atomic E-state index is 0.0276. The molecule has 0 bridgehead atoms. The number of pyridine rings is 1. The molecular formula is C18H12F3NO3S. The first-order valence-electron chi connectivity index (χ1n) is 7.40. The van der Waals surface area contributed by atoms with E-state index in [9.17, 15) is 23.1 Å². The van der Waals surface area contributed by atoms with Crippen molar-refractivity contribution in [1.82, 2.24) is 4.98 Å². The molecule has 0 amide bonds. The van der Waals surface area contributed by atoms with Crippen LogP contribution in [0.15, 0.2) is 48.0 Å². The molecule has 1 aliphatic heterocycles. The minimum atomic E-state index is -4.59. The van der Waals surface area contributed by atoms with E-state index in [0.717, 1.165) is 18.3 Å². The molecule has 2 N–H and O–H groups in total. The van der Waals surface area contributed by atoms with E-state index in [1.807, 2.05) is 0 Å². The predicted octanol–water partition coefficient (Wildman–Crippen LogP) is 4.82. The van der Waals surface area contributed by atoms with Crippen LogP contribution >= 0.6 is 11.8 Å². The number of aromatic hydroxyl groups is 1. The van der Waals surface area contributed by atoms with E-state index in [2.05, 4.69) is 4.98 Å². The average Bonchev–Trinajstić information content (AvgIpc) is 2.61. The Morgan fingerprint density at radius 2 is 2.00 bits per heavy atom. The van der Waals surface area contributed by atoms with Gasteiger partial charge in [-0.2, -0.15) is 13.2 Å². The molecule has 0 atom stereocenters. The standard InChI is InChI=1S/C18H12F3NO3S/c19-18(20,21)14-6-10(3-4-12(14)11-2-1-5-26-9-11)15-7-13(17(24)25)16(23)8-22-15/h1-4,6-9,23H,5H2,(H,24,25). The van der Waals surface area contributed by atoms with E-state index < -0.39 is 29.0 Å². The summed E-state index contributed by atoms with van der Waals surface area (Å²) in [5.74, 6) is -1.24. The maximum Gasteiger partial charge on any atom is 0.417 e. The van der Waals surface area contributed by atoms with Crippen molar-refractivity contribution < 1.29 is 28.2 Å². The van der Waals surface area contributed by atoms with Gasteiger partial charge in [-0.25, -0.2) is 4.79 Å². The highest BCUT2D eigenvalue weighted by Gasteiger charge is 2.34. The fourth-order valence-corrected chi connectivity index (χ4v) is 3.22. The number of nitrogens with zero attached hydrogens (tertiary/aromatic N) is 1. The molecule has 2 aromatic rings. The van der Waals surface area contributed by atoms with Gasteiger partial charge in [-0.05, 0) is 28.7 Å². The summed E-state index contributed by atoms with van der Waals surface area (Å²) in [4.78, 5) is 15.0. The van der Waals surface area contributed by atoms with Gasteiger partial charge in [0, 0.05) is 11.3 Å². The number of hydrogen-bond acceptors (Lipinski definition) is 4. The molecule has 0 unspecified atom stereocenters. The van der Waals surface area contributed by atoms with Gasteiger partial charge >= 0.3 is 12.1 Å². The molecule has 1 aromatic heterocycles. The Morgan fingerprint density at radius 1 is 1.23 bits per heavy atom. The number of rotatable bonds is 3. The van der Waals surface area contributed by atoms with Crippen molar-refractivity contribution in [1.29, 1.82) is 0 Å². The van der Waals surface area contributed by atoms with Gasteiger partial charge in [0.2, 0.25) is 0 Å². The lowest BCUT2D eigenvalue weighted by Gasteiger charge is -2.16. The second-order valence-electron chi connectivity index (χ2n) is 5.46. The highest BCUT2D eigenvalue weighted by atomic mass is 32.2. The average molecular weight is 379 g/mol. The molecule has 0 saturated heterocycles. The molecule has 0 fully saturated rings. The first-order valence-corrected chi connectivity index (χ1v) is 8.45. The number of allylic oxidation sites excluding steroid dienone is 2. The van der Waals surface area contributed by atoms with Gasteiger partial charge < -0.3 is 10.2 Å². The van der Waals surface area contributed by atoms with E-state index >= 15 is 0 Å². The van der Waals surface area contributed by atoms with Crippen LogP contribution in [0.2, 0.25) is 0 Å². The lowest BCUT2D eigenvalue weighted by atomic mass is 9.96. The third-order valence-electron chi connectivity index (χ3n) is 3.75. The van der Waals surface area contributed by atoms with E-state index in [-0.39, 0.29) is 16.8 Å². The van der Waals surface area contributed by atoms with E-state index in [4.69, 9.17) is 5.11 Å². The SMILES string of the molecule is O=C(O)c1cc(-c2ccc(C3=CSCC=C3)c(C(F)(F)F)c2)ncc1O. The molecular weight excluding hydrogens is 367 g/mol. The van der Waals surface area contributed by atoms with Gasteiger partial charge in [0.1, 0.15) is 11.3 Å². The van der Waals surface area contributed by atoms with Crippen molar-refractivity contribution in [3.63, 3.8) is 0 Å². The highest BCUT2D eigenvalue weighted by molar-refractivity contribution is 8.02. The molecule has 0 radical (unpaired) electrons. The van der Waals surface area contributed by atoms with Crippen molar-refractivity contribution >= 4 is 23.3 Å². The van der Waals surface area contributed by atoms with Crippen LogP contribution in [0.5, 0.6) is 5.75 Å². The van der Waals surface area contributed by atoms with Gasteiger partial charge in [0.15, 0.2) is 0 Å². The van der Waals surface area contributed by atoms with Gasteiger partial charge in [-0.15, -0.1) is 11.8 Å². The molecule has 0 saturated carbocycles. The molecule has 2 heterocycles. The lowest BCUT2D eigenvalue weighted by molar-refractivity contribution is -0.137. The van der Waals surface area contributed by atoms with Gasteiger partial charge in [-0.3, -0.25) is 4.98 Å². The van der Waals surface area contributed by atoms with E-state index in [0.29, 0.717) is 11.3 Å². The fourth-order valence-electron chi connectivity index (χ4n) is 2.53. The molecule has 8 heteroatoms. The summed E-state index contributed by atoms with van der Waals surface area (Å²) < 4.78 is 40.7. The second-order valence-corrected chi connectivity index (χ2v) is 6.36. The van der Waals surface area contributed by atoms with Gasteiger partial charge in [-0.1, -0.05) is 24.3 Å². The monoisotopic (exact) mass is 379 g/mol. The first-order chi connectivity index (χ1) is 12.3. The number of benzene rings is 1. The summed E-state index contributed by atoms with van der Waals surface area (Å²) in [5.41, 5.74) is -0.620. The zero-order valence-electron chi connectivity index (χ0n) is 13.1. The van der Waals surface area contributed by atoms with Crippen molar-refractivity contribution in [2.75, 3.05) is 5.75 Å². The molecule has 0 aliphatic carbocycles. The maximum absolute atomic E-state index is 13.6. The molecule has 134 valence electrons. The minimum Gasteiger partial charge on any atom is -0.505 e. The summed E-state index contributed by atoms with van der Waals surface area (Å²) >= 11 is 1.40. The van der Waals surface area contributed by atoms with E-state index in [1.54, 1.807) is 17.6 Å². The number of hydrogen-bond donors (Lipinski definition) is 2. The number of thioether (sulfide) groups is 1. The topological polar surface area (TPSA) is 70.4 Å². The van der Waals surface area contributed by atoms with E-state index in [1.165, 1.54) is 23.9 Å². The molecule has 3 rings (SSSR count). The Bertz CT molecular complexity index is 936. The molecule has 1 aliphatic rings. The third kappa shape index (κ3) is 3.60. The Kier molecular flexibility index (Phi) is 4.78.